The highest BCUT2D eigenvalue weighted by molar-refractivity contribution is 5.36. The third-order valence-electron chi connectivity index (χ3n) is 5.63. The summed E-state index contributed by atoms with van der Waals surface area (Å²) in [5.41, 5.74) is 2.29. The van der Waals surface area contributed by atoms with Crippen molar-refractivity contribution in [2.24, 2.45) is 11.8 Å². The molecule has 1 aliphatic carbocycles. The zero-order chi connectivity index (χ0) is 16.5. The van der Waals surface area contributed by atoms with Crippen molar-refractivity contribution in [3.05, 3.63) is 48.2 Å². The fourth-order valence-electron chi connectivity index (χ4n) is 4.50. The molecule has 2 aromatic heterocycles. The van der Waals surface area contributed by atoms with Crippen LogP contribution >= 0.6 is 0 Å². The molecule has 0 spiro atoms. The van der Waals surface area contributed by atoms with Crippen molar-refractivity contribution in [2.45, 2.75) is 32.4 Å². The van der Waals surface area contributed by atoms with Gasteiger partial charge in [-0.25, -0.2) is 4.98 Å². The fraction of sp³-hybridized carbons (Fsp3) is 0.526. The summed E-state index contributed by atoms with van der Waals surface area (Å²) in [6.45, 7) is 5.39. The van der Waals surface area contributed by atoms with Crippen molar-refractivity contribution in [3.8, 4) is 0 Å². The smallest absolute Gasteiger partial charge is 0.147 e. The minimum absolute atomic E-state index is 0.571. The van der Waals surface area contributed by atoms with E-state index in [1.54, 1.807) is 12.4 Å². The van der Waals surface area contributed by atoms with Gasteiger partial charge in [-0.1, -0.05) is 6.07 Å². The van der Waals surface area contributed by atoms with Gasteiger partial charge in [0.15, 0.2) is 0 Å². The Balaban J connectivity index is 1.43. The van der Waals surface area contributed by atoms with Crippen LogP contribution in [-0.4, -0.2) is 46.0 Å². The summed E-state index contributed by atoms with van der Waals surface area (Å²) in [5, 5.41) is 0. The van der Waals surface area contributed by atoms with Crippen LogP contribution in [0, 0.1) is 18.8 Å². The first-order valence-corrected chi connectivity index (χ1v) is 8.84. The van der Waals surface area contributed by atoms with E-state index in [4.69, 9.17) is 0 Å². The van der Waals surface area contributed by atoms with E-state index in [9.17, 15) is 0 Å². The molecule has 0 N–H and O–H groups in total. The number of pyridine rings is 1. The van der Waals surface area contributed by atoms with Crippen molar-refractivity contribution in [3.63, 3.8) is 0 Å². The molecule has 24 heavy (non-hydrogen) atoms. The first-order chi connectivity index (χ1) is 11.7. The summed E-state index contributed by atoms with van der Waals surface area (Å²) in [7, 11) is 2.17. The summed E-state index contributed by atoms with van der Waals surface area (Å²) >= 11 is 0. The monoisotopic (exact) mass is 323 g/mol. The predicted octanol–water partition coefficient (Wildman–Crippen LogP) is 2.53. The molecule has 1 saturated heterocycles. The molecular formula is C19H25N5. The molecule has 2 aliphatic rings. The third-order valence-corrected chi connectivity index (χ3v) is 5.63. The molecule has 0 radical (unpaired) electrons. The highest BCUT2D eigenvalue weighted by atomic mass is 15.2. The van der Waals surface area contributed by atoms with E-state index in [-0.39, 0.29) is 0 Å². The van der Waals surface area contributed by atoms with Crippen LogP contribution in [-0.2, 0) is 6.54 Å². The van der Waals surface area contributed by atoms with Crippen LogP contribution in [0.15, 0.2) is 36.8 Å². The number of hydrogen-bond donors (Lipinski definition) is 0. The highest BCUT2D eigenvalue weighted by Crippen LogP contribution is 2.41. The zero-order valence-electron chi connectivity index (χ0n) is 14.5. The second kappa shape index (κ2) is 6.48. The van der Waals surface area contributed by atoms with E-state index in [0.29, 0.717) is 6.04 Å². The first-order valence-electron chi connectivity index (χ1n) is 8.84. The van der Waals surface area contributed by atoms with Crippen LogP contribution in [0.3, 0.4) is 0 Å². The van der Waals surface area contributed by atoms with Gasteiger partial charge in [-0.15, -0.1) is 0 Å². The Labute approximate surface area is 143 Å². The van der Waals surface area contributed by atoms with E-state index in [1.165, 1.54) is 25.1 Å². The van der Waals surface area contributed by atoms with Crippen molar-refractivity contribution in [2.75, 3.05) is 25.0 Å². The van der Waals surface area contributed by atoms with E-state index in [0.717, 1.165) is 36.4 Å². The number of aryl methyl sites for hydroxylation is 1. The number of aromatic nitrogens is 3. The van der Waals surface area contributed by atoms with Crippen LogP contribution in [0.1, 0.15) is 24.2 Å². The Morgan fingerprint density at radius 3 is 2.92 bits per heavy atom. The lowest BCUT2D eigenvalue weighted by atomic mass is 9.97. The summed E-state index contributed by atoms with van der Waals surface area (Å²) in [5.74, 6) is 2.52. The number of anilines is 1. The Kier molecular flexibility index (Phi) is 4.19. The predicted molar refractivity (Wildman–Crippen MR) is 94.7 cm³/mol. The van der Waals surface area contributed by atoms with Gasteiger partial charge >= 0.3 is 0 Å². The average molecular weight is 323 g/mol. The maximum atomic E-state index is 4.66. The molecule has 0 unspecified atom stereocenters. The number of likely N-dealkylation sites (tertiary alicyclic amines) is 1. The normalized spacial score (nSPS) is 26.5. The highest BCUT2D eigenvalue weighted by Gasteiger charge is 2.44. The number of fused-ring (bicyclic) bond motifs is 1. The molecule has 5 heteroatoms. The molecule has 1 aliphatic heterocycles. The van der Waals surface area contributed by atoms with E-state index >= 15 is 0 Å². The molecule has 2 fully saturated rings. The molecule has 2 aromatic rings. The van der Waals surface area contributed by atoms with Crippen molar-refractivity contribution in [1.82, 2.24) is 19.9 Å². The van der Waals surface area contributed by atoms with Crippen molar-refractivity contribution in [1.29, 1.82) is 0 Å². The third kappa shape index (κ3) is 3.00. The SMILES string of the molecule is Cc1cccc(CN2C[C@H]3CC[C@@H](N(C)c4cnccn4)[C@H]3C2)n1. The van der Waals surface area contributed by atoms with Crippen LogP contribution in [0.2, 0.25) is 0 Å². The molecule has 3 heterocycles. The van der Waals surface area contributed by atoms with E-state index in [1.807, 2.05) is 6.20 Å². The van der Waals surface area contributed by atoms with Crippen LogP contribution < -0.4 is 4.90 Å². The first kappa shape index (κ1) is 15.5. The molecular weight excluding hydrogens is 298 g/mol. The molecule has 1 saturated carbocycles. The Morgan fingerprint density at radius 1 is 1.21 bits per heavy atom. The lowest BCUT2D eigenvalue weighted by molar-refractivity contribution is 0.293. The summed E-state index contributed by atoms with van der Waals surface area (Å²) < 4.78 is 0. The Bertz CT molecular complexity index is 689. The molecule has 4 rings (SSSR count). The summed E-state index contributed by atoms with van der Waals surface area (Å²) in [6.07, 6.45) is 7.97. The maximum Gasteiger partial charge on any atom is 0.147 e. The van der Waals surface area contributed by atoms with Gasteiger partial charge in [0.1, 0.15) is 5.82 Å². The van der Waals surface area contributed by atoms with Crippen LogP contribution in [0.4, 0.5) is 5.82 Å². The topological polar surface area (TPSA) is 45.2 Å². The summed E-state index contributed by atoms with van der Waals surface area (Å²) in [4.78, 5) is 18.3. The van der Waals surface area contributed by atoms with Gasteiger partial charge in [0.2, 0.25) is 0 Å². The second-order valence-corrected chi connectivity index (χ2v) is 7.21. The van der Waals surface area contributed by atoms with Crippen LogP contribution in [0.5, 0.6) is 0 Å². The maximum absolute atomic E-state index is 4.66. The van der Waals surface area contributed by atoms with Gasteiger partial charge in [0, 0.05) is 50.8 Å². The molecule has 3 atom stereocenters. The molecule has 126 valence electrons. The molecule has 0 aromatic carbocycles. The number of hydrogen-bond acceptors (Lipinski definition) is 5. The minimum atomic E-state index is 0.571. The lowest BCUT2D eigenvalue weighted by Gasteiger charge is -2.30. The molecule has 0 bridgehead atoms. The van der Waals surface area contributed by atoms with Crippen molar-refractivity contribution >= 4 is 5.82 Å². The average Bonchev–Trinajstić information content (AvgIpc) is 3.15. The van der Waals surface area contributed by atoms with Gasteiger partial charge < -0.3 is 4.90 Å². The van der Waals surface area contributed by atoms with Gasteiger partial charge in [-0.3, -0.25) is 14.9 Å². The largest absolute Gasteiger partial charge is 0.355 e. The lowest BCUT2D eigenvalue weighted by Crippen LogP contribution is -2.38. The van der Waals surface area contributed by atoms with Crippen molar-refractivity contribution < 1.29 is 0 Å². The second-order valence-electron chi connectivity index (χ2n) is 7.21. The molecule has 5 nitrogen and oxygen atoms in total. The zero-order valence-corrected chi connectivity index (χ0v) is 14.5. The van der Waals surface area contributed by atoms with Gasteiger partial charge in [-0.05, 0) is 43.7 Å². The summed E-state index contributed by atoms with van der Waals surface area (Å²) in [6, 6.07) is 6.89. The minimum Gasteiger partial charge on any atom is -0.355 e. The van der Waals surface area contributed by atoms with E-state index < -0.39 is 0 Å². The number of rotatable bonds is 4. The van der Waals surface area contributed by atoms with Gasteiger partial charge in [0.05, 0.1) is 11.9 Å². The molecule has 0 amide bonds. The van der Waals surface area contributed by atoms with Gasteiger partial charge in [-0.2, -0.15) is 0 Å². The van der Waals surface area contributed by atoms with Gasteiger partial charge in [0.25, 0.3) is 0 Å². The van der Waals surface area contributed by atoms with E-state index in [2.05, 4.69) is 56.9 Å². The standard InChI is InChI=1S/C19H25N5/c1-14-4-3-5-16(22-14)12-24-11-15-6-7-18(17(15)13-24)23(2)19-10-20-8-9-21-19/h3-5,8-10,15,17-18H,6-7,11-13H2,1-2H3/t15-,17+,18-/m1/s1. The Hall–Kier alpha value is -2.01. The fourth-order valence-corrected chi connectivity index (χ4v) is 4.50. The van der Waals surface area contributed by atoms with Crippen LogP contribution in [0.25, 0.3) is 0 Å². The quantitative estimate of drug-likeness (QED) is 0.865. The number of nitrogens with zero attached hydrogens (tertiary/aromatic N) is 5. The Morgan fingerprint density at radius 2 is 2.12 bits per heavy atom.